The zero-order valence-electron chi connectivity index (χ0n) is 26.1. The van der Waals surface area contributed by atoms with Crippen molar-refractivity contribution < 1.29 is 9.53 Å². The fourth-order valence-corrected chi connectivity index (χ4v) is 8.04. The highest BCUT2D eigenvalue weighted by Gasteiger charge is 2.35. The van der Waals surface area contributed by atoms with Gasteiger partial charge in [0, 0.05) is 48.4 Å². The van der Waals surface area contributed by atoms with E-state index in [0.29, 0.717) is 12.5 Å². The third-order valence-corrected chi connectivity index (χ3v) is 10.2. The van der Waals surface area contributed by atoms with Crippen molar-refractivity contribution in [3.05, 3.63) is 47.5 Å². The van der Waals surface area contributed by atoms with E-state index >= 15 is 0 Å². The fourth-order valence-electron chi connectivity index (χ4n) is 7.44. The second-order valence-corrected chi connectivity index (χ2v) is 13.7. The van der Waals surface area contributed by atoms with Gasteiger partial charge in [-0.15, -0.1) is 0 Å². The smallest absolute Gasteiger partial charge is 0.349 e. The molecule has 3 aromatic rings. The van der Waals surface area contributed by atoms with Crippen LogP contribution in [0, 0.1) is 5.92 Å². The number of anilines is 1. The molecule has 226 valence electrons. The Labute approximate surface area is 255 Å². The molecule has 3 aliphatic rings. The van der Waals surface area contributed by atoms with Crippen LogP contribution in [0.4, 0.5) is 10.5 Å². The molecule has 1 aromatic heterocycles. The maximum atomic E-state index is 13.8. The first-order valence-electron chi connectivity index (χ1n) is 15.8. The number of carbonyl (C=O) groups excluding carboxylic acids is 1. The van der Waals surface area contributed by atoms with Gasteiger partial charge in [0.25, 0.3) is 0 Å². The lowest BCUT2D eigenvalue weighted by atomic mass is 9.81. The number of para-hydroxylation sites is 1. The van der Waals surface area contributed by atoms with Gasteiger partial charge in [0.05, 0.1) is 23.5 Å². The number of carbonyl (C=O) groups is 1. The number of hydrogen-bond acceptors (Lipinski definition) is 5. The second-order valence-electron chi connectivity index (χ2n) is 13.0. The Kier molecular flexibility index (Phi) is 8.24. The molecule has 2 amide bonds. The minimum absolute atomic E-state index is 0.104. The van der Waals surface area contributed by atoms with Gasteiger partial charge in [0.1, 0.15) is 5.75 Å². The normalized spacial score (nSPS) is 23.1. The average molecular weight is 590 g/mol. The number of nitrogens with one attached hydrogen (secondary N) is 2. The van der Waals surface area contributed by atoms with Crippen molar-refractivity contribution in [1.29, 1.82) is 0 Å². The third-order valence-electron chi connectivity index (χ3n) is 9.54. The first-order chi connectivity index (χ1) is 20.2. The van der Waals surface area contributed by atoms with Gasteiger partial charge in [-0.3, -0.25) is 10.2 Å². The van der Waals surface area contributed by atoms with Gasteiger partial charge in [-0.1, -0.05) is 50.8 Å². The van der Waals surface area contributed by atoms with Crippen molar-refractivity contribution in [3.63, 3.8) is 0 Å². The second kappa shape index (κ2) is 11.8. The van der Waals surface area contributed by atoms with E-state index in [2.05, 4.69) is 79.4 Å². The average Bonchev–Trinajstić information content (AvgIpc) is 3.28. The number of ether oxygens (including phenoxy) is 1. The minimum atomic E-state index is -0.526. The summed E-state index contributed by atoms with van der Waals surface area (Å²) in [4.78, 5) is 15.5. The number of nitrogens with zero attached hydrogens (tertiary/aromatic N) is 3. The number of fused-ring (bicyclic) bond motifs is 4. The molecular weight excluding hydrogens is 542 g/mol. The number of amides is 2. The molecule has 2 N–H and O–H groups in total. The topological polar surface area (TPSA) is 61.8 Å². The molecule has 8 heteroatoms. The number of rotatable bonds is 4. The van der Waals surface area contributed by atoms with E-state index in [4.69, 9.17) is 4.74 Å². The van der Waals surface area contributed by atoms with Gasteiger partial charge in [-0.05, 0) is 87.2 Å². The van der Waals surface area contributed by atoms with Crippen LogP contribution in [-0.4, -0.2) is 46.6 Å². The lowest BCUT2D eigenvalue weighted by molar-refractivity contribution is 0.137. The minimum Gasteiger partial charge on any atom is -0.492 e. The van der Waals surface area contributed by atoms with Gasteiger partial charge < -0.3 is 9.30 Å². The zero-order chi connectivity index (χ0) is 29.6. The van der Waals surface area contributed by atoms with Crippen molar-refractivity contribution in [3.8, 4) is 17.0 Å². The molecule has 3 heterocycles. The van der Waals surface area contributed by atoms with E-state index in [9.17, 15) is 4.79 Å². The lowest BCUT2D eigenvalue weighted by Gasteiger charge is -2.39. The van der Waals surface area contributed by atoms with Crippen molar-refractivity contribution in [1.82, 2.24) is 19.7 Å². The van der Waals surface area contributed by atoms with E-state index in [-0.39, 0.29) is 18.0 Å². The number of benzene rings is 2. The van der Waals surface area contributed by atoms with Gasteiger partial charge in [-0.2, -0.15) is 4.41 Å². The van der Waals surface area contributed by atoms with Crippen LogP contribution in [0.15, 0.2) is 36.4 Å². The first-order valence-corrected chi connectivity index (χ1v) is 17.0. The Morgan fingerprint density at radius 3 is 2.64 bits per heavy atom. The molecule has 4 bridgehead atoms. The molecule has 0 saturated heterocycles. The van der Waals surface area contributed by atoms with Crippen LogP contribution in [0.1, 0.15) is 83.3 Å². The summed E-state index contributed by atoms with van der Waals surface area (Å²) in [5.74, 6) is 1.79. The summed E-state index contributed by atoms with van der Waals surface area (Å²) in [7, 11) is 1.87. The Morgan fingerprint density at radius 2 is 1.90 bits per heavy atom. The summed E-state index contributed by atoms with van der Waals surface area (Å²) >= 11 is 1.38. The van der Waals surface area contributed by atoms with E-state index in [1.54, 1.807) is 9.31 Å². The molecule has 0 radical (unpaired) electrons. The molecule has 2 aromatic carbocycles. The Balaban J connectivity index is 1.65. The van der Waals surface area contributed by atoms with Crippen molar-refractivity contribution in [2.45, 2.75) is 96.8 Å². The number of aromatic nitrogens is 1. The van der Waals surface area contributed by atoms with Crippen molar-refractivity contribution in [2.75, 3.05) is 24.8 Å². The monoisotopic (exact) mass is 589 g/mol. The zero-order valence-corrected chi connectivity index (χ0v) is 26.9. The van der Waals surface area contributed by atoms with Crippen LogP contribution in [0.3, 0.4) is 0 Å². The molecule has 1 fully saturated rings. The number of aryl methyl sites for hydroxylation is 1. The Hall–Kier alpha value is -2.68. The van der Waals surface area contributed by atoms with Gasteiger partial charge in [0.15, 0.2) is 0 Å². The lowest BCUT2D eigenvalue weighted by Crippen LogP contribution is -2.63. The summed E-state index contributed by atoms with van der Waals surface area (Å²) in [5, 5.41) is 5.14. The van der Waals surface area contributed by atoms with E-state index in [1.807, 2.05) is 13.3 Å². The van der Waals surface area contributed by atoms with Crippen molar-refractivity contribution >= 4 is 34.6 Å². The van der Waals surface area contributed by atoms with Crippen LogP contribution in [0.2, 0.25) is 0 Å². The predicted octanol–water partition coefficient (Wildman–Crippen LogP) is 7.69. The predicted molar refractivity (Wildman–Crippen MR) is 175 cm³/mol. The highest BCUT2D eigenvalue weighted by molar-refractivity contribution is 7.96. The maximum Gasteiger partial charge on any atom is 0.349 e. The molecule has 2 atom stereocenters. The summed E-state index contributed by atoms with van der Waals surface area (Å²) in [6.07, 6.45) is 10.3. The molecular formula is C34H47N5O2S. The van der Waals surface area contributed by atoms with Gasteiger partial charge in [0.2, 0.25) is 0 Å². The summed E-state index contributed by atoms with van der Waals surface area (Å²) in [6.45, 7) is 10.2. The van der Waals surface area contributed by atoms with Crippen molar-refractivity contribution in [2.24, 2.45) is 5.92 Å². The highest BCUT2D eigenvalue weighted by atomic mass is 32.2. The molecule has 1 saturated carbocycles. The van der Waals surface area contributed by atoms with Crippen LogP contribution in [0.5, 0.6) is 5.75 Å². The Bertz CT molecular complexity index is 1460. The van der Waals surface area contributed by atoms with E-state index < -0.39 is 5.66 Å². The standard InChI is InChI=1S/C34H47N5O2S/c1-7-12-24-15-11-16-28-31-30(23-13-9-8-10-14-23)27-18-17-26-19-29(27)38(31)20-25(21-41-32(24)28)22(2)35-34(3,4)36-39(42-6)33(40)37(26)5/h11,15-19,22-23,25,35-36H,7-10,12-14,20-21H2,1-6H3/t22?,25-/m0/s1. The van der Waals surface area contributed by atoms with E-state index in [0.717, 1.165) is 30.8 Å². The highest BCUT2D eigenvalue weighted by Crippen LogP contribution is 2.48. The van der Waals surface area contributed by atoms with Crippen LogP contribution in [-0.2, 0) is 13.0 Å². The SMILES string of the molecule is CCCc1cccc2c1OC[C@@H]1Cn3c-2c(C2CCCCC2)c2ccc(cc23)N(C)C(=O)N(SC)NC(C)(C)NC1C. The number of urea groups is 1. The van der Waals surface area contributed by atoms with Gasteiger partial charge in [-0.25, -0.2) is 10.2 Å². The summed E-state index contributed by atoms with van der Waals surface area (Å²) in [5.41, 5.74) is 10.4. The van der Waals surface area contributed by atoms with Crippen LogP contribution >= 0.6 is 11.9 Å². The van der Waals surface area contributed by atoms with Gasteiger partial charge >= 0.3 is 6.03 Å². The van der Waals surface area contributed by atoms with Crippen LogP contribution < -0.4 is 20.4 Å². The molecule has 42 heavy (non-hydrogen) atoms. The van der Waals surface area contributed by atoms with E-state index in [1.165, 1.54) is 77.3 Å². The molecule has 7 nitrogen and oxygen atoms in total. The number of hydrogen-bond donors (Lipinski definition) is 2. The quantitative estimate of drug-likeness (QED) is 0.306. The molecule has 2 aliphatic heterocycles. The summed E-state index contributed by atoms with van der Waals surface area (Å²) < 4.78 is 11.1. The first kappa shape index (κ1) is 29.4. The Morgan fingerprint density at radius 1 is 1.12 bits per heavy atom. The molecule has 6 rings (SSSR count). The van der Waals surface area contributed by atoms with Crippen LogP contribution in [0.25, 0.3) is 22.2 Å². The molecule has 0 spiro atoms. The largest absolute Gasteiger partial charge is 0.492 e. The molecule has 1 unspecified atom stereocenters. The fraction of sp³-hybridized carbons (Fsp3) is 0.559. The molecule has 1 aliphatic carbocycles. The summed E-state index contributed by atoms with van der Waals surface area (Å²) in [6, 6.07) is 13.4. The maximum absolute atomic E-state index is 13.8. The third kappa shape index (κ3) is 5.31. The number of hydrazine groups is 1.